The van der Waals surface area contributed by atoms with Crippen molar-refractivity contribution in [1.82, 2.24) is 4.90 Å². The summed E-state index contributed by atoms with van der Waals surface area (Å²) in [4.78, 5) is 13.7. The Kier molecular flexibility index (Phi) is 4.99. The second-order valence-corrected chi connectivity index (χ2v) is 6.10. The molecule has 1 rings (SSSR count). The van der Waals surface area contributed by atoms with Crippen molar-refractivity contribution >= 4 is 6.09 Å². The summed E-state index contributed by atoms with van der Waals surface area (Å²) in [5, 5.41) is 0. The van der Waals surface area contributed by atoms with Crippen LogP contribution in [0.25, 0.3) is 0 Å². The molecule has 0 spiro atoms. The summed E-state index contributed by atoms with van der Waals surface area (Å²) in [6.07, 6.45) is 1.51. The second-order valence-electron chi connectivity index (χ2n) is 6.10. The summed E-state index contributed by atoms with van der Waals surface area (Å²) in [6.45, 7) is 8.28. The van der Waals surface area contributed by atoms with Gasteiger partial charge in [-0.05, 0) is 33.6 Å². The van der Waals surface area contributed by atoms with Crippen LogP contribution < -0.4 is 5.73 Å². The number of likely N-dealkylation sites (tertiary alicyclic amines) is 1. The maximum Gasteiger partial charge on any atom is 0.410 e. The Morgan fingerprint density at radius 3 is 2.28 bits per heavy atom. The average molecular weight is 258 g/mol. The lowest BCUT2D eigenvalue weighted by molar-refractivity contribution is -0.00413. The van der Waals surface area contributed by atoms with Crippen LogP contribution in [-0.4, -0.2) is 49.9 Å². The molecule has 0 aromatic rings. The van der Waals surface area contributed by atoms with Crippen molar-refractivity contribution in [3.63, 3.8) is 0 Å². The van der Waals surface area contributed by atoms with Gasteiger partial charge in [0.2, 0.25) is 0 Å². The van der Waals surface area contributed by atoms with E-state index in [-0.39, 0.29) is 11.5 Å². The summed E-state index contributed by atoms with van der Waals surface area (Å²) in [6, 6.07) is 0. The largest absolute Gasteiger partial charge is 0.444 e. The van der Waals surface area contributed by atoms with E-state index < -0.39 is 5.60 Å². The van der Waals surface area contributed by atoms with Gasteiger partial charge in [0.05, 0.1) is 6.61 Å². The summed E-state index contributed by atoms with van der Waals surface area (Å²) in [5.74, 6) is 0. The Hall–Kier alpha value is -0.810. The number of carbonyl (C=O) groups excluding carboxylic acids is 1. The zero-order valence-corrected chi connectivity index (χ0v) is 12.0. The normalized spacial score (nSPS) is 19.7. The molecule has 0 aliphatic carbocycles. The van der Waals surface area contributed by atoms with Crippen LogP contribution in [0.3, 0.4) is 0 Å². The molecule has 5 nitrogen and oxygen atoms in total. The van der Waals surface area contributed by atoms with Crippen LogP contribution in [-0.2, 0) is 9.47 Å². The third-order valence-electron chi connectivity index (χ3n) is 3.36. The Labute approximate surface area is 110 Å². The molecule has 2 N–H and O–H groups in total. The third-order valence-corrected chi connectivity index (χ3v) is 3.36. The first kappa shape index (κ1) is 15.2. The van der Waals surface area contributed by atoms with Crippen molar-refractivity contribution in [2.24, 2.45) is 11.1 Å². The van der Waals surface area contributed by atoms with Gasteiger partial charge in [0.25, 0.3) is 0 Å². The van der Waals surface area contributed by atoms with Crippen LogP contribution in [0.15, 0.2) is 0 Å². The van der Waals surface area contributed by atoms with Crippen LogP contribution in [0.5, 0.6) is 0 Å². The minimum absolute atomic E-state index is 0.0211. The fourth-order valence-corrected chi connectivity index (χ4v) is 2.20. The summed E-state index contributed by atoms with van der Waals surface area (Å²) >= 11 is 0. The van der Waals surface area contributed by atoms with Crippen LogP contribution in [0.4, 0.5) is 4.79 Å². The summed E-state index contributed by atoms with van der Waals surface area (Å²) < 4.78 is 10.6. The minimum atomic E-state index is -0.438. The molecular weight excluding hydrogens is 232 g/mol. The SMILES string of the molecule is COCC1(CN)CCN(C(=O)OC(C)(C)C)CC1. The molecule has 1 aliphatic heterocycles. The van der Waals surface area contributed by atoms with Gasteiger partial charge >= 0.3 is 6.09 Å². The first-order valence-electron chi connectivity index (χ1n) is 6.49. The molecule has 0 bridgehead atoms. The van der Waals surface area contributed by atoms with Gasteiger partial charge in [-0.25, -0.2) is 4.79 Å². The van der Waals surface area contributed by atoms with E-state index in [9.17, 15) is 4.79 Å². The molecule has 0 radical (unpaired) electrons. The molecule has 1 heterocycles. The molecule has 0 aromatic heterocycles. The van der Waals surface area contributed by atoms with E-state index in [2.05, 4.69) is 0 Å². The molecule has 0 aromatic carbocycles. The highest BCUT2D eigenvalue weighted by Crippen LogP contribution is 2.31. The predicted molar refractivity (Wildman–Crippen MR) is 70.4 cm³/mol. The van der Waals surface area contributed by atoms with Crippen molar-refractivity contribution < 1.29 is 14.3 Å². The summed E-state index contributed by atoms with van der Waals surface area (Å²) in [5.41, 5.74) is 5.42. The van der Waals surface area contributed by atoms with Gasteiger partial charge in [0.1, 0.15) is 5.60 Å². The van der Waals surface area contributed by atoms with Crippen LogP contribution >= 0.6 is 0 Å². The molecule has 1 fully saturated rings. The quantitative estimate of drug-likeness (QED) is 0.835. The number of rotatable bonds is 3. The van der Waals surface area contributed by atoms with Crippen molar-refractivity contribution in [3.05, 3.63) is 0 Å². The maximum atomic E-state index is 11.9. The Balaban J connectivity index is 2.50. The number of nitrogens with two attached hydrogens (primary N) is 1. The minimum Gasteiger partial charge on any atom is -0.444 e. The van der Waals surface area contributed by atoms with E-state index in [0.717, 1.165) is 12.8 Å². The van der Waals surface area contributed by atoms with Crippen molar-refractivity contribution in [3.8, 4) is 0 Å². The highest BCUT2D eigenvalue weighted by Gasteiger charge is 2.36. The number of hydrogen-bond acceptors (Lipinski definition) is 4. The lowest BCUT2D eigenvalue weighted by Crippen LogP contribution is -2.49. The van der Waals surface area contributed by atoms with Gasteiger partial charge in [-0.2, -0.15) is 0 Å². The summed E-state index contributed by atoms with van der Waals surface area (Å²) in [7, 11) is 1.69. The first-order chi connectivity index (χ1) is 8.32. The van der Waals surface area contributed by atoms with Gasteiger partial charge in [-0.3, -0.25) is 0 Å². The van der Waals surface area contributed by atoms with Gasteiger partial charge in [0.15, 0.2) is 0 Å². The Morgan fingerprint density at radius 2 is 1.89 bits per heavy atom. The number of amides is 1. The Bertz CT molecular complexity index is 278. The molecular formula is C13H26N2O3. The van der Waals surface area contributed by atoms with E-state index in [1.807, 2.05) is 20.8 Å². The first-order valence-corrected chi connectivity index (χ1v) is 6.49. The lowest BCUT2D eigenvalue weighted by atomic mass is 9.79. The van der Waals surface area contributed by atoms with Crippen molar-refractivity contribution in [2.75, 3.05) is 33.4 Å². The number of nitrogens with zero attached hydrogens (tertiary/aromatic N) is 1. The molecule has 1 saturated heterocycles. The topological polar surface area (TPSA) is 64.8 Å². The number of methoxy groups -OCH3 is 1. The standard InChI is InChI=1S/C13H26N2O3/c1-12(2,3)18-11(16)15-7-5-13(9-14,6-8-15)10-17-4/h5-10,14H2,1-4H3. The smallest absolute Gasteiger partial charge is 0.410 e. The van der Waals surface area contributed by atoms with Gasteiger partial charge in [-0.1, -0.05) is 0 Å². The van der Waals surface area contributed by atoms with Crippen LogP contribution in [0.1, 0.15) is 33.6 Å². The fourth-order valence-electron chi connectivity index (χ4n) is 2.20. The van der Waals surface area contributed by atoms with Crippen LogP contribution in [0, 0.1) is 5.41 Å². The second kappa shape index (κ2) is 5.89. The highest BCUT2D eigenvalue weighted by atomic mass is 16.6. The average Bonchev–Trinajstić information content (AvgIpc) is 2.28. The monoisotopic (exact) mass is 258 g/mol. The van der Waals surface area contributed by atoms with E-state index in [1.165, 1.54) is 0 Å². The molecule has 18 heavy (non-hydrogen) atoms. The number of piperidine rings is 1. The zero-order valence-electron chi connectivity index (χ0n) is 12.0. The zero-order chi connectivity index (χ0) is 13.8. The van der Waals surface area contributed by atoms with E-state index in [1.54, 1.807) is 12.0 Å². The van der Waals surface area contributed by atoms with E-state index in [4.69, 9.17) is 15.2 Å². The van der Waals surface area contributed by atoms with Crippen molar-refractivity contribution in [2.45, 2.75) is 39.2 Å². The third kappa shape index (κ3) is 4.14. The van der Waals surface area contributed by atoms with Gasteiger partial charge in [0, 0.05) is 32.2 Å². The molecule has 0 unspecified atom stereocenters. The lowest BCUT2D eigenvalue weighted by Gasteiger charge is -2.40. The molecule has 1 amide bonds. The molecule has 0 saturated carbocycles. The van der Waals surface area contributed by atoms with E-state index >= 15 is 0 Å². The number of carbonyl (C=O) groups is 1. The van der Waals surface area contributed by atoms with Crippen LogP contribution in [0.2, 0.25) is 0 Å². The predicted octanol–water partition coefficient (Wildman–Crippen LogP) is 1.61. The van der Waals surface area contributed by atoms with Gasteiger partial charge in [-0.15, -0.1) is 0 Å². The molecule has 1 aliphatic rings. The molecule has 0 atom stereocenters. The Morgan fingerprint density at radius 1 is 1.33 bits per heavy atom. The fraction of sp³-hybridized carbons (Fsp3) is 0.923. The van der Waals surface area contributed by atoms with E-state index in [0.29, 0.717) is 26.2 Å². The number of hydrogen-bond donors (Lipinski definition) is 1. The number of ether oxygens (including phenoxy) is 2. The highest BCUT2D eigenvalue weighted by molar-refractivity contribution is 5.68. The van der Waals surface area contributed by atoms with Crippen molar-refractivity contribution in [1.29, 1.82) is 0 Å². The maximum absolute atomic E-state index is 11.9. The molecule has 5 heteroatoms. The molecule has 106 valence electrons. The van der Waals surface area contributed by atoms with Gasteiger partial charge < -0.3 is 20.1 Å².